The van der Waals surface area contributed by atoms with Gasteiger partial charge < -0.3 is 5.11 Å². The van der Waals surface area contributed by atoms with Gasteiger partial charge in [0.1, 0.15) is 0 Å². The number of β-amino-alcohol motifs (C(OH)–C–C–N with tert-alkyl or cyclic N) is 1. The number of nitrogens with zero attached hydrogens (tertiary/aromatic N) is 1. The zero-order valence-corrected chi connectivity index (χ0v) is 15.4. The molecule has 132 valence electrons. The highest BCUT2D eigenvalue weighted by Gasteiger charge is 2.26. The van der Waals surface area contributed by atoms with Crippen molar-refractivity contribution in [3.05, 3.63) is 0 Å². The van der Waals surface area contributed by atoms with Gasteiger partial charge in [-0.25, -0.2) is 0 Å². The second-order valence-electron chi connectivity index (χ2n) is 7.35. The van der Waals surface area contributed by atoms with Crippen LogP contribution < -0.4 is 0 Å². The Labute approximate surface area is 139 Å². The van der Waals surface area contributed by atoms with Crippen LogP contribution in [0.15, 0.2) is 0 Å². The van der Waals surface area contributed by atoms with Crippen LogP contribution in [-0.4, -0.2) is 35.2 Å². The molecule has 2 heteroatoms. The molecule has 2 atom stereocenters. The Morgan fingerprint density at radius 2 is 1.32 bits per heavy atom. The predicted molar refractivity (Wildman–Crippen MR) is 97.4 cm³/mol. The van der Waals surface area contributed by atoms with Gasteiger partial charge in [0, 0.05) is 19.1 Å². The molecule has 0 aromatic heterocycles. The summed E-state index contributed by atoms with van der Waals surface area (Å²) in [5.74, 6) is 0. The van der Waals surface area contributed by atoms with Crippen molar-refractivity contribution in [3.63, 3.8) is 0 Å². The molecular weight excluding hydrogens is 270 g/mol. The lowest BCUT2D eigenvalue weighted by molar-refractivity contribution is 0.149. The van der Waals surface area contributed by atoms with Crippen LogP contribution in [0.5, 0.6) is 0 Å². The van der Waals surface area contributed by atoms with Crippen LogP contribution in [-0.2, 0) is 0 Å². The van der Waals surface area contributed by atoms with Crippen molar-refractivity contribution in [2.45, 2.75) is 116 Å². The summed E-state index contributed by atoms with van der Waals surface area (Å²) in [5.41, 5.74) is 0. The number of hydrogen-bond donors (Lipinski definition) is 1. The predicted octanol–water partition coefficient (Wildman–Crippen LogP) is 5.53. The Hall–Kier alpha value is -0.0800. The number of aliphatic hydroxyl groups is 1. The molecule has 1 fully saturated rings. The maximum Gasteiger partial charge on any atom is 0.0679 e. The van der Waals surface area contributed by atoms with Gasteiger partial charge in [-0.2, -0.15) is 0 Å². The van der Waals surface area contributed by atoms with Crippen molar-refractivity contribution >= 4 is 0 Å². The quantitative estimate of drug-likeness (QED) is 0.426. The van der Waals surface area contributed by atoms with E-state index in [1.165, 1.54) is 83.5 Å². The van der Waals surface area contributed by atoms with E-state index in [2.05, 4.69) is 18.7 Å². The normalized spacial score (nSPS) is 20.6. The highest BCUT2D eigenvalue weighted by molar-refractivity contribution is 4.81. The molecular formula is C20H41NO. The summed E-state index contributed by atoms with van der Waals surface area (Å²) in [5, 5.41) is 9.82. The van der Waals surface area contributed by atoms with Gasteiger partial charge in [0.15, 0.2) is 0 Å². The molecule has 1 aliphatic rings. The third-order valence-electron chi connectivity index (χ3n) is 5.24. The number of aliphatic hydroxyl groups excluding tert-OH is 1. The van der Waals surface area contributed by atoms with Crippen LogP contribution in [0, 0.1) is 0 Å². The van der Waals surface area contributed by atoms with E-state index < -0.39 is 0 Å². The number of unbranched alkanes of at least 4 members (excludes halogenated alkanes) is 9. The van der Waals surface area contributed by atoms with Crippen LogP contribution in [0.1, 0.15) is 104 Å². The topological polar surface area (TPSA) is 23.5 Å². The fraction of sp³-hybridized carbons (Fsp3) is 1.00. The first kappa shape index (κ1) is 20.0. The lowest BCUT2D eigenvalue weighted by Crippen LogP contribution is -2.34. The monoisotopic (exact) mass is 311 g/mol. The van der Waals surface area contributed by atoms with Gasteiger partial charge in [-0.3, -0.25) is 4.90 Å². The first-order valence-electron chi connectivity index (χ1n) is 10.2. The van der Waals surface area contributed by atoms with E-state index in [0.29, 0.717) is 0 Å². The number of likely N-dealkylation sites (tertiary alicyclic amines) is 1. The minimum atomic E-state index is -0.0628. The smallest absolute Gasteiger partial charge is 0.0679 e. The number of rotatable bonds is 14. The van der Waals surface area contributed by atoms with Crippen LogP contribution >= 0.6 is 0 Å². The second-order valence-corrected chi connectivity index (χ2v) is 7.35. The zero-order chi connectivity index (χ0) is 16.0. The summed E-state index contributed by atoms with van der Waals surface area (Å²) in [6.07, 6.45) is 18.9. The van der Waals surface area contributed by atoms with Gasteiger partial charge in [0.2, 0.25) is 0 Å². The zero-order valence-electron chi connectivity index (χ0n) is 15.4. The van der Waals surface area contributed by atoms with Gasteiger partial charge in [-0.1, -0.05) is 84.5 Å². The molecule has 0 saturated carbocycles. The molecule has 1 saturated heterocycles. The largest absolute Gasteiger partial charge is 0.392 e. The maximum absolute atomic E-state index is 9.82. The molecule has 1 heterocycles. The molecule has 1 rings (SSSR count). The molecule has 0 bridgehead atoms. The summed E-state index contributed by atoms with van der Waals surface area (Å²) in [6, 6.07) is 0.741. The van der Waals surface area contributed by atoms with E-state index in [4.69, 9.17) is 0 Å². The van der Waals surface area contributed by atoms with Crippen LogP contribution in [0.4, 0.5) is 0 Å². The average Bonchev–Trinajstić information content (AvgIpc) is 2.94. The average molecular weight is 312 g/mol. The first-order chi connectivity index (χ1) is 10.8. The van der Waals surface area contributed by atoms with Gasteiger partial charge in [-0.05, 0) is 19.3 Å². The molecule has 0 aliphatic carbocycles. The van der Waals surface area contributed by atoms with Crippen LogP contribution in [0.25, 0.3) is 0 Å². The molecule has 0 aromatic rings. The van der Waals surface area contributed by atoms with Gasteiger partial charge in [0.25, 0.3) is 0 Å². The lowest BCUT2D eigenvalue weighted by atomic mass is 9.99. The summed E-state index contributed by atoms with van der Waals surface area (Å²) in [4.78, 5) is 2.58. The molecule has 1 aliphatic heterocycles. The second kappa shape index (κ2) is 13.4. The van der Waals surface area contributed by atoms with Crippen molar-refractivity contribution in [1.82, 2.24) is 4.90 Å². The Morgan fingerprint density at radius 1 is 0.818 bits per heavy atom. The van der Waals surface area contributed by atoms with E-state index in [1.54, 1.807) is 0 Å². The molecule has 0 radical (unpaired) electrons. The number of hydrogen-bond acceptors (Lipinski definition) is 2. The van der Waals surface area contributed by atoms with Crippen molar-refractivity contribution in [2.75, 3.05) is 13.1 Å². The molecule has 0 spiro atoms. The van der Waals surface area contributed by atoms with E-state index in [0.717, 1.165) is 25.6 Å². The standard InChI is InChI=1S/C20H41NO/c1-3-5-7-9-11-13-15-19(14-12-10-8-6-4-2)21-17-16-20(22)18-21/h19-20,22H,3-18H2,1-2H3. The Balaban J connectivity index is 2.19. The van der Waals surface area contributed by atoms with E-state index in [9.17, 15) is 5.11 Å². The Morgan fingerprint density at radius 3 is 1.77 bits per heavy atom. The van der Waals surface area contributed by atoms with Crippen LogP contribution in [0.2, 0.25) is 0 Å². The Kier molecular flexibility index (Phi) is 12.1. The van der Waals surface area contributed by atoms with E-state index in [1.807, 2.05) is 0 Å². The van der Waals surface area contributed by atoms with Crippen molar-refractivity contribution in [3.8, 4) is 0 Å². The maximum atomic E-state index is 9.82. The van der Waals surface area contributed by atoms with Gasteiger partial charge in [0.05, 0.1) is 6.10 Å². The minimum absolute atomic E-state index is 0.0628. The molecule has 2 unspecified atom stereocenters. The molecule has 0 aromatic carbocycles. The summed E-state index contributed by atoms with van der Waals surface area (Å²) < 4.78 is 0. The summed E-state index contributed by atoms with van der Waals surface area (Å²) >= 11 is 0. The summed E-state index contributed by atoms with van der Waals surface area (Å²) in [7, 11) is 0. The van der Waals surface area contributed by atoms with Crippen molar-refractivity contribution in [1.29, 1.82) is 0 Å². The molecule has 2 nitrogen and oxygen atoms in total. The molecule has 0 amide bonds. The fourth-order valence-electron chi connectivity index (χ4n) is 3.75. The highest BCUT2D eigenvalue weighted by atomic mass is 16.3. The Bertz CT molecular complexity index is 244. The molecule has 22 heavy (non-hydrogen) atoms. The summed E-state index contributed by atoms with van der Waals surface area (Å²) in [6.45, 7) is 6.62. The van der Waals surface area contributed by atoms with Crippen molar-refractivity contribution in [2.24, 2.45) is 0 Å². The highest BCUT2D eigenvalue weighted by Crippen LogP contribution is 2.22. The van der Waals surface area contributed by atoms with Gasteiger partial charge >= 0.3 is 0 Å². The third kappa shape index (κ3) is 9.15. The fourth-order valence-corrected chi connectivity index (χ4v) is 3.75. The van der Waals surface area contributed by atoms with Crippen molar-refractivity contribution < 1.29 is 5.11 Å². The van der Waals surface area contributed by atoms with E-state index in [-0.39, 0.29) is 6.10 Å². The van der Waals surface area contributed by atoms with Crippen LogP contribution in [0.3, 0.4) is 0 Å². The SMILES string of the molecule is CCCCCCCCC(CCCCCCC)N1CCC(O)C1. The molecule has 1 N–H and O–H groups in total. The minimum Gasteiger partial charge on any atom is -0.392 e. The first-order valence-corrected chi connectivity index (χ1v) is 10.2. The van der Waals surface area contributed by atoms with E-state index >= 15 is 0 Å². The third-order valence-corrected chi connectivity index (χ3v) is 5.24. The lowest BCUT2D eigenvalue weighted by Gasteiger charge is -2.28. The van der Waals surface area contributed by atoms with Gasteiger partial charge in [-0.15, -0.1) is 0 Å².